The molecular weight excluding hydrogens is 248 g/mol. The lowest BCUT2D eigenvalue weighted by molar-refractivity contribution is -0.143. The highest BCUT2D eigenvalue weighted by molar-refractivity contribution is 5.76. The third-order valence-electron chi connectivity index (χ3n) is 3.25. The molecule has 0 radical (unpaired) electrons. The van der Waals surface area contributed by atoms with Crippen molar-refractivity contribution < 1.29 is 19.4 Å². The number of hydrogen-bond donors (Lipinski definition) is 2. The number of piperidine rings is 1. The van der Waals surface area contributed by atoms with E-state index in [1.165, 1.54) is 0 Å². The maximum Gasteiger partial charge on any atom is 0.317 e. The molecule has 6 nitrogen and oxygen atoms in total. The minimum atomic E-state index is -0.811. The molecule has 110 valence electrons. The maximum absolute atomic E-state index is 11.8. The normalized spacial score (nSPS) is 19.2. The first-order valence-corrected chi connectivity index (χ1v) is 6.98. The van der Waals surface area contributed by atoms with Crippen LogP contribution >= 0.6 is 0 Å². The van der Waals surface area contributed by atoms with Crippen LogP contribution in [-0.4, -0.2) is 54.9 Å². The Bertz CT molecular complexity index is 296. The van der Waals surface area contributed by atoms with Crippen LogP contribution in [0, 0.1) is 5.92 Å². The molecular formula is C13H24N2O4. The molecule has 0 aliphatic carbocycles. The third-order valence-corrected chi connectivity index (χ3v) is 3.25. The molecule has 0 spiro atoms. The molecule has 19 heavy (non-hydrogen) atoms. The van der Waals surface area contributed by atoms with Gasteiger partial charge in [0.15, 0.2) is 0 Å². The van der Waals surface area contributed by atoms with E-state index in [1.54, 1.807) is 4.90 Å². The van der Waals surface area contributed by atoms with Crippen molar-refractivity contribution in [1.82, 2.24) is 10.2 Å². The van der Waals surface area contributed by atoms with Crippen molar-refractivity contribution in [2.75, 3.05) is 32.8 Å². The fourth-order valence-electron chi connectivity index (χ4n) is 2.14. The average molecular weight is 272 g/mol. The van der Waals surface area contributed by atoms with Crippen molar-refractivity contribution in [3.8, 4) is 0 Å². The number of amides is 2. The second kappa shape index (κ2) is 8.74. The number of urea groups is 1. The molecule has 1 heterocycles. The van der Waals surface area contributed by atoms with E-state index >= 15 is 0 Å². The highest BCUT2D eigenvalue weighted by Gasteiger charge is 2.27. The number of ether oxygens (including phenoxy) is 1. The number of aliphatic carboxylic acids is 1. The number of nitrogens with one attached hydrogen (secondary N) is 1. The van der Waals surface area contributed by atoms with Gasteiger partial charge in [-0.25, -0.2) is 4.79 Å². The Balaban J connectivity index is 2.16. The zero-order valence-electron chi connectivity index (χ0n) is 11.6. The van der Waals surface area contributed by atoms with Gasteiger partial charge in [0, 0.05) is 32.8 Å². The summed E-state index contributed by atoms with van der Waals surface area (Å²) in [6.45, 7) is 4.97. The van der Waals surface area contributed by atoms with Crippen LogP contribution in [0.15, 0.2) is 0 Å². The molecule has 6 heteroatoms. The summed E-state index contributed by atoms with van der Waals surface area (Å²) >= 11 is 0. The Labute approximate surface area is 114 Å². The molecule has 0 bridgehead atoms. The first kappa shape index (κ1) is 15.8. The number of carbonyl (C=O) groups excluding carboxylic acids is 1. The van der Waals surface area contributed by atoms with Gasteiger partial charge in [-0.15, -0.1) is 0 Å². The minimum Gasteiger partial charge on any atom is -0.481 e. The van der Waals surface area contributed by atoms with Crippen molar-refractivity contribution in [3.05, 3.63) is 0 Å². The van der Waals surface area contributed by atoms with E-state index in [4.69, 9.17) is 9.84 Å². The highest BCUT2D eigenvalue weighted by Crippen LogP contribution is 2.16. The van der Waals surface area contributed by atoms with Crippen molar-refractivity contribution in [2.24, 2.45) is 5.92 Å². The summed E-state index contributed by atoms with van der Waals surface area (Å²) in [6.07, 6.45) is 3.22. The summed E-state index contributed by atoms with van der Waals surface area (Å²) in [5.41, 5.74) is 0. The lowest BCUT2D eigenvalue weighted by Crippen LogP contribution is -2.47. The SMILES string of the molecule is CCOCCCCNC(=O)N1CCCC(C(=O)O)C1. The second-order valence-electron chi connectivity index (χ2n) is 4.76. The number of nitrogens with zero attached hydrogens (tertiary/aromatic N) is 1. The van der Waals surface area contributed by atoms with E-state index in [0.29, 0.717) is 26.1 Å². The number of carboxylic acid groups (broad SMARTS) is 1. The van der Waals surface area contributed by atoms with Crippen molar-refractivity contribution in [1.29, 1.82) is 0 Å². The molecule has 1 aliphatic rings. The Morgan fingerprint density at radius 1 is 1.42 bits per heavy atom. The van der Waals surface area contributed by atoms with Gasteiger partial charge in [0.05, 0.1) is 5.92 Å². The molecule has 1 atom stereocenters. The zero-order chi connectivity index (χ0) is 14.1. The molecule has 0 aromatic carbocycles. The minimum absolute atomic E-state index is 0.151. The van der Waals surface area contributed by atoms with Gasteiger partial charge in [-0.3, -0.25) is 4.79 Å². The highest BCUT2D eigenvalue weighted by atomic mass is 16.5. The number of unbranched alkanes of at least 4 members (excludes halogenated alkanes) is 1. The van der Waals surface area contributed by atoms with Crippen LogP contribution in [-0.2, 0) is 9.53 Å². The summed E-state index contributed by atoms with van der Waals surface area (Å²) in [5, 5.41) is 11.8. The lowest BCUT2D eigenvalue weighted by atomic mass is 9.99. The monoisotopic (exact) mass is 272 g/mol. The summed E-state index contributed by atoms with van der Waals surface area (Å²) in [5.74, 6) is -1.23. The predicted molar refractivity (Wildman–Crippen MR) is 71.1 cm³/mol. The van der Waals surface area contributed by atoms with E-state index in [2.05, 4.69) is 5.32 Å². The zero-order valence-corrected chi connectivity index (χ0v) is 11.6. The quantitative estimate of drug-likeness (QED) is 0.685. The van der Waals surface area contributed by atoms with Crippen LogP contribution in [0.5, 0.6) is 0 Å². The van der Waals surface area contributed by atoms with Gasteiger partial charge in [0.25, 0.3) is 0 Å². The smallest absolute Gasteiger partial charge is 0.317 e. The summed E-state index contributed by atoms with van der Waals surface area (Å²) < 4.78 is 5.21. The maximum atomic E-state index is 11.8. The lowest BCUT2D eigenvalue weighted by Gasteiger charge is -2.30. The van der Waals surface area contributed by atoms with Crippen LogP contribution in [0.25, 0.3) is 0 Å². The van der Waals surface area contributed by atoms with Gasteiger partial charge in [0.1, 0.15) is 0 Å². The van der Waals surface area contributed by atoms with Gasteiger partial charge in [0.2, 0.25) is 0 Å². The van der Waals surface area contributed by atoms with Crippen LogP contribution < -0.4 is 5.32 Å². The van der Waals surface area contributed by atoms with Crippen molar-refractivity contribution in [2.45, 2.75) is 32.6 Å². The largest absolute Gasteiger partial charge is 0.481 e. The van der Waals surface area contributed by atoms with E-state index in [-0.39, 0.29) is 6.03 Å². The Morgan fingerprint density at radius 3 is 2.89 bits per heavy atom. The van der Waals surface area contributed by atoms with Gasteiger partial charge in [-0.05, 0) is 32.6 Å². The summed E-state index contributed by atoms with van der Waals surface area (Å²) in [6, 6.07) is -0.151. The van der Waals surface area contributed by atoms with E-state index in [0.717, 1.165) is 32.5 Å². The number of carbonyl (C=O) groups is 2. The topological polar surface area (TPSA) is 78.9 Å². The fourth-order valence-corrected chi connectivity index (χ4v) is 2.14. The van der Waals surface area contributed by atoms with Gasteiger partial charge in [-0.2, -0.15) is 0 Å². The number of likely N-dealkylation sites (tertiary alicyclic amines) is 1. The second-order valence-corrected chi connectivity index (χ2v) is 4.76. The van der Waals surface area contributed by atoms with Crippen LogP contribution in [0.2, 0.25) is 0 Å². The van der Waals surface area contributed by atoms with Crippen LogP contribution in [0.1, 0.15) is 32.6 Å². The number of hydrogen-bond acceptors (Lipinski definition) is 3. The van der Waals surface area contributed by atoms with Gasteiger partial charge < -0.3 is 20.1 Å². The molecule has 1 saturated heterocycles. The fraction of sp³-hybridized carbons (Fsp3) is 0.846. The Hall–Kier alpha value is -1.30. The van der Waals surface area contributed by atoms with Crippen molar-refractivity contribution in [3.63, 3.8) is 0 Å². The average Bonchev–Trinajstić information content (AvgIpc) is 2.42. The Kier molecular flexibility index (Phi) is 7.25. The number of carboxylic acids is 1. The Morgan fingerprint density at radius 2 is 2.21 bits per heavy atom. The summed E-state index contributed by atoms with van der Waals surface area (Å²) in [4.78, 5) is 24.4. The molecule has 0 saturated carbocycles. The van der Waals surface area contributed by atoms with Gasteiger partial charge in [-0.1, -0.05) is 0 Å². The van der Waals surface area contributed by atoms with E-state index in [9.17, 15) is 9.59 Å². The summed E-state index contributed by atoms with van der Waals surface area (Å²) in [7, 11) is 0. The number of rotatable bonds is 7. The first-order valence-electron chi connectivity index (χ1n) is 6.98. The molecule has 2 N–H and O–H groups in total. The molecule has 1 rings (SSSR count). The van der Waals surface area contributed by atoms with Crippen LogP contribution in [0.3, 0.4) is 0 Å². The third kappa shape index (κ3) is 5.92. The van der Waals surface area contributed by atoms with Crippen molar-refractivity contribution >= 4 is 12.0 Å². The molecule has 0 aromatic rings. The molecule has 1 unspecified atom stereocenters. The first-order chi connectivity index (χ1) is 9.15. The molecule has 1 aliphatic heterocycles. The van der Waals surface area contributed by atoms with Gasteiger partial charge >= 0.3 is 12.0 Å². The molecule has 1 fully saturated rings. The predicted octanol–water partition coefficient (Wildman–Crippen LogP) is 1.31. The standard InChI is InChI=1S/C13H24N2O4/c1-2-19-9-4-3-7-14-13(18)15-8-5-6-11(10-15)12(16)17/h11H,2-10H2,1H3,(H,14,18)(H,16,17). The van der Waals surface area contributed by atoms with Crippen LogP contribution in [0.4, 0.5) is 4.79 Å². The van der Waals surface area contributed by atoms with E-state index in [1.807, 2.05) is 6.92 Å². The van der Waals surface area contributed by atoms with E-state index < -0.39 is 11.9 Å². The molecule has 2 amide bonds. The molecule has 0 aromatic heterocycles.